The number of carbonyl (C=O) groups excluding carboxylic acids is 1. The Labute approximate surface area is 119 Å². The van der Waals surface area contributed by atoms with Crippen molar-refractivity contribution in [3.05, 3.63) is 0 Å². The van der Waals surface area contributed by atoms with Crippen LogP contribution in [-0.2, 0) is 4.79 Å². The number of hydrogen-bond acceptors (Lipinski definition) is 3. The number of urea groups is 1. The highest BCUT2D eigenvalue weighted by molar-refractivity contribution is 8.00. The summed E-state index contributed by atoms with van der Waals surface area (Å²) in [6.07, 6.45) is 1.03. The minimum absolute atomic E-state index is 0.159. The lowest BCUT2D eigenvalue weighted by atomic mass is 10.0. The number of hydrogen-bond donors (Lipinski definition) is 1. The standard InChI is InChI=1S/C13H24N2O3S/c1-5-10-9-14(7-8-19-10)12(18)15(6-2)13(3,4)11(16)17/h10H,5-9H2,1-4H3,(H,16,17). The third-order valence-corrected chi connectivity index (χ3v) is 4.98. The first kappa shape index (κ1) is 16.1. The summed E-state index contributed by atoms with van der Waals surface area (Å²) in [7, 11) is 0. The number of carboxylic acid groups (broad SMARTS) is 1. The molecule has 0 saturated carbocycles. The quantitative estimate of drug-likeness (QED) is 0.861. The molecule has 0 aromatic rings. The molecule has 0 spiro atoms. The van der Waals surface area contributed by atoms with Crippen LogP contribution in [0.3, 0.4) is 0 Å². The molecule has 1 aliphatic heterocycles. The molecule has 1 unspecified atom stereocenters. The van der Waals surface area contributed by atoms with Gasteiger partial charge in [0, 0.05) is 30.6 Å². The summed E-state index contributed by atoms with van der Waals surface area (Å²) in [5, 5.41) is 9.73. The molecule has 110 valence electrons. The average Bonchev–Trinajstić information content (AvgIpc) is 2.39. The van der Waals surface area contributed by atoms with E-state index < -0.39 is 11.5 Å². The first-order chi connectivity index (χ1) is 8.84. The molecular formula is C13H24N2O3S. The van der Waals surface area contributed by atoms with Crippen LogP contribution in [-0.4, -0.2) is 63.1 Å². The van der Waals surface area contributed by atoms with Crippen molar-refractivity contribution in [3.8, 4) is 0 Å². The van der Waals surface area contributed by atoms with Crippen molar-refractivity contribution in [2.75, 3.05) is 25.4 Å². The fraction of sp³-hybridized carbons (Fsp3) is 0.846. The Balaban J connectivity index is 2.81. The van der Waals surface area contributed by atoms with Crippen molar-refractivity contribution in [1.82, 2.24) is 9.80 Å². The van der Waals surface area contributed by atoms with Gasteiger partial charge in [0.2, 0.25) is 0 Å². The van der Waals surface area contributed by atoms with Gasteiger partial charge >= 0.3 is 12.0 Å². The van der Waals surface area contributed by atoms with Crippen molar-refractivity contribution in [3.63, 3.8) is 0 Å². The summed E-state index contributed by atoms with van der Waals surface area (Å²) < 4.78 is 0. The Kier molecular flexibility index (Phi) is 5.52. The fourth-order valence-electron chi connectivity index (χ4n) is 2.20. The molecule has 1 heterocycles. The maximum absolute atomic E-state index is 12.5. The molecule has 19 heavy (non-hydrogen) atoms. The Morgan fingerprint density at radius 1 is 1.42 bits per heavy atom. The van der Waals surface area contributed by atoms with E-state index in [-0.39, 0.29) is 6.03 Å². The third kappa shape index (κ3) is 3.55. The van der Waals surface area contributed by atoms with E-state index in [9.17, 15) is 14.7 Å². The Bertz CT molecular complexity index is 347. The van der Waals surface area contributed by atoms with Crippen LogP contribution in [0.5, 0.6) is 0 Å². The monoisotopic (exact) mass is 288 g/mol. The molecule has 0 aromatic carbocycles. The van der Waals surface area contributed by atoms with Crippen LogP contribution in [0.15, 0.2) is 0 Å². The van der Waals surface area contributed by atoms with Crippen LogP contribution < -0.4 is 0 Å². The van der Waals surface area contributed by atoms with Gasteiger partial charge in [0.25, 0.3) is 0 Å². The largest absolute Gasteiger partial charge is 0.480 e. The number of nitrogens with zero attached hydrogens (tertiary/aromatic N) is 2. The van der Waals surface area contributed by atoms with Crippen LogP contribution >= 0.6 is 11.8 Å². The Morgan fingerprint density at radius 3 is 2.53 bits per heavy atom. The lowest BCUT2D eigenvalue weighted by Gasteiger charge is -2.40. The first-order valence-electron chi connectivity index (χ1n) is 6.76. The minimum atomic E-state index is -1.17. The van der Waals surface area contributed by atoms with Crippen LogP contribution in [0.25, 0.3) is 0 Å². The van der Waals surface area contributed by atoms with Crippen molar-refractivity contribution in [2.45, 2.75) is 44.9 Å². The predicted molar refractivity (Wildman–Crippen MR) is 77.6 cm³/mol. The second-order valence-corrected chi connectivity index (χ2v) is 6.65. The SMILES string of the molecule is CCC1CN(C(=O)N(CC)C(C)(C)C(=O)O)CCS1. The van der Waals surface area contributed by atoms with Gasteiger partial charge in [-0.25, -0.2) is 9.59 Å². The van der Waals surface area contributed by atoms with Crippen molar-refractivity contribution in [2.24, 2.45) is 0 Å². The molecule has 1 saturated heterocycles. The molecule has 1 aliphatic rings. The summed E-state index contributed by atoms with van der Waals surface area (Å²) in [6.45, 7) is 8.90. The second kappa shape index (κ2) is 6.50. The van der Waals surface area contributed by atoms with Gasteiger partial charge < -0.3 is 14.9 Å². The average molecular weight is 288 g/mol. The fourth-order valence-corrected chi connectivity index (χ4v) is 3.38. The van der Waals surface area contributed by atoms with Crippen molar-refractivity contribution >= 4 is 23.8 Å². The molecular weight excluding hydrogens is 264 g/mol. The molecule has 0 aromatic heterocycles. The van der Waals surface area contributed by atoms with E-state index in [1.165, 1.54) is 4.90 Å². The van der Waals surface area contributed by atoms with E-state index in [1.54, 1.807) is 18.7 Å². The van der Waals surface area contributed by atoms with Crippen molar-refractivity contribution in [1.29, 1.82) is 0 Å². The number of amides is 2. The van der Waals surface area contributed by atoms with E-state index in [1.807, 2.05) is 18.7 Å². The molecule has 1 N–H and O–H groups in total. The zero-order chi connectivity index (χ0) is 14.6. The first-order valence-corrected chi connectivity index (χ1v) is 7.81. The van der Waals surface area contributed by atoms with E-state index in [4.69, 9.17) is 0 Å². The minimum Gasteiger partial charge on any atom is -0.480 e. The maximum Gasteiger partial charge on any atom is 0.329 e. The van der Waals surface area contributed by atoms with Crippen molar-refractivity contribution < 1.29 is 14.7 Å². The van der Waals surface area contributed by atoms with Gasteiger partial charge in [0.15, 0.2) is 0 Å². The Hall–Kier alpha value is -0.910. The summed E-state index contributed by atoms with van der Waals surface area (Å²) in [5.41, 5.74) is -1.17. The molecule has 0 aliphatic carbocycles. The molecule has 6 heteroatoms. The van der Waals surface area contributed by atoms with E-state index in [2.05, 4.69) is 6.92 Å². The predicted octanol–water partition coefficient (Wildman–Crippen LogP) is 2.12. The summed E-state index contributed by atoms with van der Waals surface area (Å²) in [5.74, 6) is -0.0453. The zero-order valence-corrected chi connectivity index (χ0v) is 13.0. The number of likely N-dealkylation sites (N-methyl/N-ethyl adjacent to an activating group) is 1. The third-order valence-electron chi connectivity index (χ3n) is 3.61. The van der Waals surface area contributed by atoms with Crippen LogP contribution in [0.4, 0.5) is 4.79 Å². The van der Waals surface area contributed by atoms with Gasteiger partial charge in [-0.3, -0.25) is 0 Å². The topological polar surface area (TPSA) is 60.9 Å². The van der Waals surface area contributed by atoms with E-state index >= 15 is 0 Å². The normalized spacial score (nSPS) is 20.2. The zero-order valence-electron chi connectivity index (χ0n) is 12.2. The summed E-state index contributed by atoms with van der Waals surface area (Å²) >= 11 is 1.89. The van der Waals surface area contributed by atoms with E-state index in [0.717, 1.165) is 12.2 Å². The lowest BCUT2D eigenvalue weighted by Crippen LogP contribution is -2.58. The van der Waals surface area contributed by atoms with Crippen LogP contribution in [0.1, 0.15) is 34.1 Å². The number of aliphatic carboxylic acids is 1. The van der Waals surface area contributed by atoms with Gasteiger partial charge in [-0.05, 0) is 27.2 Å². The lowest BCUT2D eigenvalue weighted by molar-refractivity contribution is -0.147. The molecule has 1 atom stereocenters. The molecule has 2 amide bonds. The smallest absolute Gasteiger partial charge is 0.329 e. The summed E-state index contributed by atoms with van der Waals surface area (Å²) in [6, 6.07) is -0.159. The van der Waals surface area contributed by atoms with Gasteiger partial charge in [-0.15, -0.1) is 0 Å². The highest BCUT2D eigenvalue weighted by Gasteiger charge is 2.39. The van der Waals surface area contributed by atoms with Crippen LogP contribution in [0, 0.1) is 0 Å². The number of carbonyl (C=O) groups is 2. The highest BCUT2D eigenvalue weighted by Crippen LogP contribution is 2.24. The number of thioether (sulfide) groups is 1. The van der Waals surface area contributed by atoms with Gasteiger partial charge in [0.1, 0.15) is 5.54 Å². The Morgan fingerprint density at radius 2 is 2.05 bits per heavy atom. The van der Waals surface area contributed by atoms with Gasteiger partial charge in [-0.2, -0.15) is 11.8 Å². The molecule has 5 nitrogen and oxygen atoms in total. The molecule has 1 rings (SSSR count). The van der Waals surface area contributed by atoms with Gasteiger partial charge in [-0.1, -0.05) is 6.92 Å². The molecule has 1 fully saturated rings. The number of rotatable bonds is 4. The van der Waals surface area contributed by atoms with Crippen LogP contribution in [0.2, 0.25) is 0 Å². The molecule has 0 radical (unpaired) electrons. The molecule has 0 bridgehead atoms. The number of carboxylic acids is 1. The summed E-state index contributed by atoms with van der Waals surface area (Å²) in [4.78, 5) is 27.1. The van der Waals surface area contributed by atoms with Gasteiger partial charge in [0.05, 0.1) is 0 Å². The maximum atomic E-state index is 12.5. The highest BCUT2D eigenvalue weighted by atomic mass is 32.2. The van der Waals surface area contributed by atoms with E-state index in [0.29, 0.717) is 24.9 Å². The second-order valence-electron chi connectivity index (χ2n) is 5.24.